The SMILES string of the molecule is CC1(C)c2ccccc2-c2cccc(C3CCCC3)c21.[CH3-].[CH3-].[CH3-].[CH3-].[Os+2].[Os+2].c1ccc2c(c1)c1ccccc1c1cc(C3CCCC3)ccc21.c1ccc2c(c1)c1ccccc1c1cc(C3CCCC3)ccc21.c1ccc2c(c1)oc1c(C3CCCC3)cccc12. The van der Waals surface area contributed by atoms with Crippen LogP contribution in [0.4, 0.5) is 0 Å². The van der Waals surface area contributed by atoms with Crippen LogP contribution in [0.1, 0.15) is 174 Å². The van der Waals surface area contributed by atoms with Gasteiger partial charge in [-0.15, -0.1) is 0 Å². The van der Waals surface area contributed by atoms with E-state index in [1.165, 1.54) is 212 Å². The maximum absolute atomic E-state index is 6.10. The zero-order valence-corrected chi connectivity index (χ0v) is 59.1. The maximum Gasteiger partial charge on any atom is 2.00 e. The summed E-state index contributed by atoms with van der Waals surface area (Å²) >= 11 is 0. The van der Waals surface area contributed by atoms with Gasteiger partial charge in [0.15, 0.2) is 0 Å². The summed E-state index contributed by atoms with van der Waals surface area (Å²) in [5.74, 6) is 3.03. The van der Waals surface area contributed by atoms with Gasteiger partial charge in [-0.2, -0.15) is 0 Å². The Morgan fingerprint density at radius 3 is 1.07 bits per heavy atom. The van der Waals surface area contributed by atoms with Crippen molar-refractivity contribution < 1.29 is 44.0 Å². The predicted octanol–water partition coefficient (Wildman–Crippen LogP) is 26.3. The summed E-state index contributed by atoms with van der Waals surface area (Å²) in [7, 11) is 0. The van der Waals surface area contributed by atoms with E-state index in [-0.39, 0.29) is 74.7 Å². The van der Waals surface area contributed by atoms with E-state index in [2.05, 4.69) is 226 Å². The number of furan rings is 1. The minimum Gasteiger partial charge on any atom is -0.456 e. The van der Waals surface area contributed by atoms with Crippen LogP contribution in [-0.4, -0.2) is 0 Å². The quantitative estimate of drug-likeness (QED) is 0.126. The standard InChI is InChI=1S/2C23H20.C20H22.C17H16O.4CH3.2Os/c2*1-2-8-16(7-1)17-13-14-22-20-11-4-3-9-18(20)19-10-5-6-12-21(19)23(22)15-17;1-20(2)18-13-6-5-10-16(18)17-12-7-11-15(19(17)20)14-8-3-4-9-14;1-2-7-12(6-1)13-9-5-10-15-14-8-3-4-11-16(14)18-17(13)15;;;;;;/h2*3-6,9-16H,1-2,7-8H2;5-7,10-14H,3-4,8-9H2,1-2H3;3-5,8-12H,1-2,6-7H2;4*1H3;;/q;;;;4*-1;2*+2. The molecule has 90 heavy (non-hydrogen) atoms. The van der Waals surface area contributed by atoms with Crippen LogP contribution < -0.4 is 0 Å². The van der Waals surface area contributed by atoms with Crippen LogP contribution in [0.3, 0.4) is 0 Å². The molecule has 0 amide bonds. The van der Waals surface area contributed by atoms with Gasteiger partial charge >= 0.3 is 39.6 Å². The van der Waals surface area contributed by atoms with Crippen LogP contribution in [-0.2, 0) is 45.0 Å². The van der Waals surface area contributed by atoms with E-state index in [0.717, 1.165) is 28.9 Å². The Morgan fingerprint density at radius 2 is 0.611 bits per heavy atom. The van der Waals surface area contributed by atoms with E-state index in [0.29, 0.717) is 5.92 Å². The smallest absolute Gasteiger partial charge is 0.456 e. The maximum atomic E-state index is 6.10. The fourth-order valence-electron chi connectivity index (χ4n) is 16.7. The van der Waals surface area contributed by atoms with Gasteiger partial charge < -0.3 is 34.1 Å². The van der Waals surface area contributed by atoms with Gasteiger partial charge in [0.05, 0.1) is 0 Å². The largest absolute Gasteiger partial charge is 2.00 e. The third-order valence-electron chi connectivity index (χ3n) is 20.8. The molecule has 1 aromatic heterocycles. The first kappa shape index (κ1) is 67.7. The molecule has 0 N–H and O–H groups in total. The number of hydrogen-bond acceptors (Lipinski definition) is 1. The van der Waals surface area contributed by atoms with Crippen molar-refractivity contribution in [1.82, 2.24) is 0 Å². The van der Waals surface area contributed by atoms with Crippen molar-refractivity contribution in [2.75, 3.05) is 0 Å². The molecule has 0 bridgehead atoms. The molecule has 0 aliphatic heterocycles. The fraction of sp³-hybridized carbons (Fsp3) is 0.264. The molecular formula is C87H90OOs2. The van der Waals surface area contributed by atoms with Crippen LogP contribution in [0.2, 0.25) is 0 Å². The second-order valence-electron chi connectivity index (χ2n) is 26.0. The Morgan fingerprint density at radius 1 is 0.289 bits per heavy atom. The van der Waals surface area contributed by atoms with Crippen LogP contribution in [0, 0.1) is 29.7 Å². The van der Waals surface area contributed by atoms with E-state index in [4.69, 9.17) is 4.42 Å². The molecule has 0 spiro atoms. The average Bonchev–Trinajstić information content (AvgIpc) is 1.37. The zero-order valence-electron chi connectivity index (χ0n) is 54.0. The zero-order chi connectivity index (χ0) is 56.1. The number of fused-ring (bicyclic) bond motifs is 18. The van der Waals surface area contributed by atoms with Gasteiger partial charge in [0, 0.05) is 16.2 Å². The Balaban J connectivity index is 0.000000140. The van der Waals surface area contributed by atoms with Gasteiger partial charge in [0.1, 0.15) is 11.2 Å². The van der Waals surface area contributed by atoms with Crippen molar-refractivity contribution in [3.8, 4) is 11.1 Å². The third kappa shape index (κ3) is 12.4. The fourth-order valence-corrected chi connectivity index (χ4v) is 16.7. The molecule has 1 nitrogen and oxygen atoms in total. The first-order valence-electron chi connectivity index (χ1n) is 32.3. The Bertz CT molecular complexity index is 4330. The third-order valence-corrected chi connectivity index (χ3v) is 20.8. The van der Waals surface area contributed by atoms with Crippen molar-refractivity contribution in [1.29, 1.82) is 0 Å². The van der Waals surface area contributed by atoms with Crippen LogP contribution in [0.25, 0.3) is 97.7 Å². The number of para-hydroxylation sites is 2. The molecule has 0 radical (unpaired) electrons. The van der Waals surface area contributed by atoms with E-state index in [1.54, 1.807) is 11.1 Å². The van der Waals surface area contributed by atoms with Crippen molar-refractivity contribution >= 4 is 86.6 Å². The molecule has 5 aliphatic carbocycles. The first-order valence-corrected chi connectivity index (χ1v) is 32.3. The summed E-state index contributed by atoms with van der Waals surface area (Å²) in [6, 6.07) is 80.7. The van der Waals surface area contributed by atoms with E-state index >= 15 is 0 Å². The minimum absolute atomic E-state index is 0. The molecule has 18 rings (SSSR count). The molecule has 0 atom stereocenters. The van der Waals surface area contributed by atoms with Gasteiger partial charge in [0.25, 0.3) is 0 Å². The first-order chi connectivity index (χ1) is 41.5. The number of benzene rings is 12. The van der Waals surface area contributed by atoms with Gasteiger partial charge in [-0.25, -0.2) is 0 Å². The Kier molecular flexibility index (Phi) is 22.0. The van der Waals surface area contributed by atoms with Crippen molar-refractivity contribution in [3.63, 3.8) is 0 Å². The molecule has 12 aromatic carbocycles. The van der Waals surface area contributed by atoms with Gasteiger partial charge in [0.2, 0.25) is 0 Å². The second-order valence-corrected chi connectivity index (χ2v) is 26.0. The van der Waals surface area contributed by atoms with E-state index in [1.807, 2.05) is 6.07 Å². The molecular weight excluding hydrogens is 1440 g/mol. The molecule has 3 heteroatoms. The van der Waals surface area contributed by atoms with Gasteiger partial charge in [-0.3, -0.25) is 0 Å². The van der Waals surface area contributed by atoms with Crippen LogP contribution in [0.15, 0.2) is 223 Å². The molecule has 1 heterocycles. The molecule has 4 fully saturated rings. The Labute approximate surface area is 564 Å². The van der Waals surface area contributed by atoms with Crippen molar-refractivity contribution in [2.45, 2.75) is 146 Å². The van der Waals surface area contributed by atoms with Crippen molar-refractivity contribution in [3.05, 3.63) is 281 Å². The van der Waals surface area contributed by atoms with Gasteiger partial charge in [-0.05, 0) is 190 Å². The molecule has 0 unspecified atom stereocenters. The summed E-state index contributed by atoms with van der Waals surface area (Å²) in [6.45, 7) is 4.80. The minimum atomic E-state index is 0. The summed E-state index contributed by atoms with van der Waals surface area (Å²) in [4.78, 5) is 0. The van der Waals surface area contributed by atoms with Crippen LogP contribution in [0.5, 0.6) is 0 Å². The molecule has 4 saturated carbocycles. The van der Waals surface area contributed by atoms with Crippen molar-refractivity contribution in [2.24, 2.45) is 0 Å². The molecule has 460 valence electrons. The Hall–Kier alpha value is -6.73. The molecule has 0 saturated heterocycles. The van der Waals surface area contributed by atoms with E-state index < -0.39 is 0 Å². The summed E-state index contributed by atoms with van der Waals surface area (Å²) < 4.78 is 6.10. The second kappa shape index (κ2) is 29.3. The summed E-state index contributed by atoms with van der Waals surface area (Å²) in [5, 5.41) is 19.1. The van der Waals surface area contributed by atoms with Crippen LogP contribution >= 0.6 is 0 Å². The molecule has 13 aromatic rings. The van der Waals surface area contributed by atoms with E-state index in [9.17, 15) is 0 Å². The topological polar surface area (TPSA) is 13.1 Å². The predicted molar refractivity (Wildman–Crippen MR) is 386 cm³/mol. The number of hydrogen-bond donors (Lipinski definition) is 0. The van der Waals surface area contributed by atoms with Gasteiger partial charge in [-0.1, -0.05) is 278 Å². The molecule has 5 aliphatic rings. The summed E-state index contributed by atoms with van der Waals surface area (Å²) in [6.07, 6.45) is 21.9. The normalized spacial score (nSPS) is 15.9. The average molecular weight is 1530 g/mol. The number of rotatable bonds is 4. The summed E-state index contributed by atoms with van der Waals surface area (Å²) in [5.41, 5.74) is 14.4. The monoisotopic (exact) mass is 1530 g/mol.